The SMILES string of the molecule is OCc1ccnc(-c2cccc(OCC3COCCO3)c2)n1. The van der Waals surface area contributed by atoms with E-state index in [4.69, 9.17) is 19.3 Å². The average molecular weight is 302 g/mol. The van der Waals surface area contributed by atoms with E-state index in [9.17, 15) is 0 Å². The van der Waals surface area contributed by atoms with E-state index in [0.29, 0.717) is 37.9 Å². The Hall–Kier alpha value is -2.02. The molecule has 6 heteroatoms. The number of rotatable bonds is 5. The lowest BCUT2D eigenvalue weighted by atomic mass is 10.2. The quantitative estimate of drug-likeness (QED) is 0.900. The molecule has 22 heavy (non-hydrogen) atoms. The molecule has 6 nitrogen and oxygen atoms in total. The van der Waals surface area contributed by atoms with Crippen molar-refractivity contribution in [2.75, 3.05) is 26.4 Å². The summed E-state index contributed by atoms with van der Waals surface area (Å²) in [7, 11) is 0. The lowest BCUT2D eigenvalue weighted by Crippen LogP contribution is -2.33. The molecular formula is C16H18N2O4. The average Bonchev–Trinajstić information content (AvgIpc) is 2.61. The van der Waals surface area contributed by atoms with Crippen LogP contribution in [0.4, 0.5) is 0 Å². The maximum Gasteiger partial charge on any atom is 0.159 e. The van der Waals surface area contributed by atoms with Gasteiger partial charge in [-0.15, -0.1) is 0 Å². The zero-order valence-electron chi connectivity index (χ0n) is 12.1. The Balaban J connectivity index is 1.68. The van der Waals surface area contributed by atoms with Crippen molar-refractivity contribution in [3.63, 3.8) is 0 Å². The van der Waals surface area contributed by atoms with Crippen LogP contribution >= 0.6 is 0 Å². The first kappa shape index (κ1) is 14.9. The highest BCUT2D eigenvalue weighted by atomic mass is 16.6. The lowest BCUT2D eigenvalue weighted by molar-refractivity contribution is -0.101. The molecule has 1 unspecified atom stereocenters. The van der Waals surface area contributed by atoms with Gasteiger partial charge in [0.05, 0.1) is 32.1 Å². The molecule has 1 atom stereocenters. The Labute approximate surface area is 128 Å². The van der Waals surface area contributed by atoms with E-state index >= 15 is 0 Å². The van der Waals surface area contributed by atoms with Crippen LogP contribution in [0.15, 0.2) is 36.5 Å². The topological polar surface area (TPSA) is 73.7 Å². The number of hydrogen-bond donors (Lipinski definition) is 1. The molecule has 0 spiro atoms. The zero-order valence-corrected chi connectivity index (χ0v) is 12.1. The highest BCUT2D eigenvalue weighted by Crippen LogP contribution is 2.21. The van der Waals surface area contributed by atoms with Gasteiger partial charge in [-0.1, -0.05) is 12.1 Å². The maximum absolute atomic E-state index is 9.15. The van der Waals surface area contributed by atoms with Gasteiger partial charge in [0.1, 0.15) is 18.5 Å². The molecule has 1 fully saturated rings. The van der Waals surface area contributed by atoms with Crippen molar-refractivity contribution >= 4 is 0 Å². The summed E-state index contributed by atoms with van der Waals surface area (Å²) in [6.45, 7) is 2.15. The van der Waals surface area contributed by atoms with Crippen molar-refractivity contribution in [2.45, 2.75) is 12.7 Å². The number of aliphatic hydroxyl groups excluding tert-OH is 1. The Morgan fingerprint density at radius 3 is 3.05 bits per heavy atom. The van der Waals surface area contributed by atoms with Crippen LogP contribution in [0.5, 0.6) is 5.75 Å². The lowest BCUT2D eigenvalue weighted by Gasteiger charge is -2.23. The molecule has 0 aliphatic carbocycles. The summed E-state index contributed by atoms with van der Waals surface area (Å²) in [6.07, 6.45) is 1.60. The van der Waals surface area contributed by atoms with Crippen molar-refractivity contribution in [1.82, 2.24) is 9.97 Å². The summed E-state index contributed by atoms with van der Waals surface area (Å²) in [5.74, 6) is 1.29. The first-order valence-electron chi connectivity index (χ1n) is 7.20. The molecule has 0 radical (unpaired) electrons. The van der Waals surface area contributed by atoms with Crippen molar-refractivity contribution in [3.05, 3.63) is 42.2 Å². The highest BCUT2D eigenvalue weighted by molar-refractivity contribution is 5.57. The van der Waals surface area contributed by atoms with Crippen molar-refractivity contribution in [3.8, 4) is 17.1 Å². The predicted molar refractivity (Wildman–Crippen MR) is 79.4 cm³/mol. The highest BCUT2D eigenvalue weighted by Gasteiger charge is 2.15. The maximum atomic E-state index is 9.15. The number of aliphatic hydroxyl groups is 1. The summed E-state index contributed by atoms with van der Waals surface area (Å²) in [4.78, 5) is 8.52. The van der Waals surface area contributed by atoms with E-state index in [0.717, 1.165) is 11.3 Å². The largest absolute Gasteiger partial charge is 0.491 e. The summed E-state index contributed by atoms with van der Waals surface area (Å²) < 4.78 is 16.6. The van der Waals surface area contributed by atoms with E-state index in [1.807, 2.05) is 24.3 Å². The van der Waals surface area contributed by atoms with Gasteiger partial charge in [0.25, 0.3) is 0 Å². The summed E-state index contributed by atoms with van der Waals surface area (Å²) in [5.41, 5.74) is 1.43. The van der Waals surface area contributed by atoms with Gasteiger partial charge in [-0.3, -0.25) is 0 Å². The van der Waals surface area contributed by atoms with Crippen LogP contribution in [0.1, 0.15) is 5.69 Å². The Morgan fingerprint density at radius 1 is 1.27 bits per heavy atom. The van der Waals surface area contributed by atoms with Crippen LogP contribution in [0, 0.1) is 0 Å². The Bertz CT molecular complexity index is 615. The zero-order chi connectivity index (χ0) is 15.2. The van der Waals surface area contributed by atoms with Gasteiger partial charge >= 0.3 is 0 Å². The molecular weight excluding hydrogens is 284 g/mol. The molecule has 0 bridgehead atoms. The van der Waals surface area contributed by atoms with Gasteiger partial charge < -0.3 is 19.3 Å². The Kier molecular flexibility index (Phi) is 4.95. The number of nitrogens with zero attached hydrogens (tertiary/aromatic N) is 2. The second-order valence-corrected chi connectivity index (χ2v) is 4.94. The van der Waals surface area contributed by atoms with Crippen LogP contribution in [0.3, 0.4) is 0 Å². The van der Waals surface area contributed by atoms with E-state index in [2.05, 4.69) is 9.97 Å². The van der Waals surface area contributed by atoms with Crippen molar-refractivity contribution < 1.29 is 19.3 Å². The number of benzene rings is 1. The Morgan fingerprint density at radius 2 is 2.23 bits per heavy atom. The molecule has 2 heterocycles. The van der Waals surface area contributed by atoms with Crippen molar-refractivity contribution in [1.29, 1.82) is 0 Å². The molecule has 3 rings (SSSR count). The molecule has 1 aliphatic rings. The fraction of sp³-hybridized carbons (Fsp3) is 0.375. The molecule has 116 valence electrons. The molecule has 1 aliphatic heterocycles. The van der Waals surface area contributed by atoms with E-state index < -0.39 is 0 Å². The van der Waals surface area contributed by atoms with Crippen LogP contribution in [-0.4, -0.2) is 47.6 Å². The number of hydrogen-bond acceptors (Lipinski definition) is 6. The van der Waals surface area contributed by atoms with Crippen LogP contribution in [0.25, 0.3) is 11.4 Å². The third-order valence-corrected chi connectivity index (χ3v) is 3.29. The standard InChI is InChI=1S/C16H18N2O4/c19-9-13-4-5-17-16(18-13)12-2-1-3-14(8-12)22-11-15-10-20-6-7-21-15/h1-5,8,15,19H,6-7,9-11H2. The van der Waals surface area contributed by atoms with Crippen LogP contribution in [-0.2, 0) is 16.1 Å². The van der Waals surface area contributed by atoms with Gasteiger partial charge in [-0.05, 0) is 18.2 Å². The smallest absolute Gasteiger partial charge is 0.159 e. The molecule has 1 aromatic heterocycles. The first-order valence-corrected chi connectivity index (χ1v) is 7.20. The minimum Gasteiger partial charge on any atom is -0.491 e. The van der Waals surface area contributed by atoms with Gasteiger partial charge in [-0.25, -0.2) is 9.97 Å². The molecule has 1 N–H and O–H groups in total. The fourth-order valence-electron chi connectivity index (χ4n) is 2.17. The molecule has 0 amide bonds. The molecule has 0 saturated carbocycles. The fourth-order valence-corrected chi connectivity index (χ4v) is 2.17. The summed E-state index contributed by atoms with van der Waals surface area (Å²) in [5, 5.41) is 9.15. The van der Waals surface area contributed by atoms with Gasteiger partial charge in [-0.2, -0.15) is 0 Å². The minimum atomic E-state index is -0.106. The van der Waals surface area contributed by atoms with Gasteiger partial charge in [0.15, 0.2) is 5.82 Å². The monoisotopic (exact) mass is 302 g/mol. The second-order valence-electron chi connectivity index (χ2n) is 4.94. The van der Waals surface area contributed by atoms with Gasteiger partial charge in [0.2, 0.25) is 0 Å². The van der Waals surface area contributed by atoms with E-state index in [1.165, 1.54) is 0 Å². The molecule has 2 aromatic rings. The molecule has 1 saturated heterocycles. The summed E-state index contributed by atoms with van der Waals surface area (Å²) in [6, 6.07) is 9.23. The first-order chi connectivity index (χ1) is 10.8. The van der Waals surface area contributed by atoms with Gasteiger partial charge in [0, 0.05) is 11.8 Å². The predicted octanol–water partition coefficient (Wildman–Crippen LogP) is 1.43. The summed E-state index contributed by atoms with van der Waals surface area (Å²) >= 11 is 0. The second kappa shape index (κ2) is 7.31. The van der Waals surface area contributed by atoms with Crippen molar-refractivity contribution in [2.24, 2.45) is 0 Å². The third-order valence-electron chi connectivity index (χ3n) is 3.29. The van der Waals surface area contributed by atoms with E-state index in [-0.39, 0.29) is 12.7 Å². The normalized spacial score (nSPS) is 18.1. The molecule has 1 aromatic carbocycles. The van der Waals surface area contributed by atoms with E-state index in [1.54, 1.807) is 12.3 Å². The van der Waals surface area contributed by atoms with Crippen LogP contribution in [0.2, 0.25) is 0 Å². The minimum absolute atomic E-state index is 0.0358. The number of aromatic nitrogens is 2. The number of ether oxygens (including phenoxy) is 3. The van der Waals surface area contributed by atoms with Crippen LogP contribution < -0.4 is 4.74 Å². The third kappa shape index (κ3) is 3.79.